The lowest BCUT2D eigenvalue weighted by molar-refractivity contribution is 0.0373. The lowest BCUT2D eigenvalue weighted by Gasteiger charge is -2.41. The quantitative estimate of drug-likeness (QED) is 0.119. The predicted molar refractivity (Wildman–Crippen MR) is 179 cm³/mol. The van der Waals surface area contributed by atoms with Crippen LogP contribution >= 0.6 is 0 Å². The smallest absolute Gasteiger partial charge is 0.126 e. The molecule has 1 aliphatic rings. The molecule has 43 heavy (non-hydrogen) atoms. The van der Waals surface area contributed by atoms with Gasteiger partial charge in [0, 0.05) is 38.3 Å². The van der Waals surface area contributed by atoms with Gasteiger partial charge in [0.05, 0.1) is 13.2 Å². The Labute approximate surface area is 257 Å². The van der Waals surface area contributed by atoms with Gasteiger partial charge in [-0.2, -0.15) is 0 Å². The van der Waals surface area contributed by atoms with Crippen LogP contribution in [0.5, 0.6) is 11.5 Å². The summed E-state index contributed by atoms with van der Waals surface area (Å²) in [5.74, 6) is 1.76. The minimum absolute atomic E-state index is 0.251. The van der Waals surface area contributed by atoms with Gasteiger partial charge in [0.25, 0.3) is 0 Å². The van der Waals surface area contributed by atoms with E-state index in [-0.39, 0.29) is 6.04 Å². The van der Waals surface area contributed by atoms with Crippen molar-refractivity contribution in [3.8, 4) is 11.5 Å². The number of hydrogen-bond donors (Lipinski definition) is 0. The molecule has 0 amide bonds. The maximum Gasteiger partial charge on any atom is 0.126 e. The van der Waals surface area contributed by atoms with Crippen LogP contribution < -0.4 is 9.47 Å². The van der Waals surface area contributed by atoms with E-state index < -0.39 is 0 Å². The molecule has 1 unspecified atom stereocenters. The molecule has 0 aromatic heterocycles. The summed E-state index contributed by atoms with van der Waals surface area (Å²) >= 11 is 0. The summed E-state index contributed by atoms with van der Waals surface area (Å²) in [5.41, 5.74) is 7.16. The first kappa shape index (κ1) is 30.3. The fraction of sp³-hybridized carbons (Fsp3) is 0.282. The summed E-state index contributed by atoms with van der Waals surface area (Å²) in [6.45, 7) is 11.7. The molecule has 222 valence electrons. The van der Waals surface area contributed by atoms with Crippen molar-refractivity contribution < 1.29 is 9.47 Å². The van der Waals surface area contributed by atoms with Crippen molar-refractivity contribution in [3.05, 3.63) is 143 Å². The second kappa shape index (κ2) is 15.4. The van der Waals surface area contributed by atoms with Crippen molar-refractivity contribution in [1.29, 1.82) is 0 Å². The average Bonchev–Trinajstić information content (AvgIpc) is 3.04. The van der Waals surface area contributed by atoms with Gasteiger partial charge in [0.15, 0.2) is 0 Å². The Balaban J connectivity index is 1.39. The van der Waals surface area contributed by atoms with E-state index in [1.54, 1.807) is 7.11 Å². The number of piperazine rings is 1. The lowest BCUT2D eigenvalue weighted by Crippen LogP contribution is -2.54. The van der Waals surface area contributed by atoms with Crippen LogP contribution in [0.25, 0.3) is 12.2 Å². The highest BCUT2D eigenvalue weighted by Gasteiger charge is 2.28. The molecule has 0 spiro atoms. The van der Waals surface area contributed by atoms with Crippen LogP contribution in [-0.4, -0.2) is 49.2 Å². The van der Waals surface area contributed by atoms with Crippen LogP contribution in [0.4, 0.5) is 0 Å². The van der Waals surface area contributed by atoms with E-state index in [2.05, 4.69) is 133 Å². The number of methoxy groups -OCH3 is 1. The van der Waals surface area contributed by atoms with E-state index in [4.69, 9.17) is 9.47 Å². The van der Waals surface area contributed by atoms with Crippen LogP contribution in [0.1, 0.15) is 41.2 Å². The van der Waals surface area contributed by atoms with E-state index in [0.717, 1.165) is 79.3 Å². The van der Waals surface area contributed by atoms with Gasteiger partial charge in [0.2, 0.25) is 0 Å². The Kier molecular flexibility index (Phi) is 10.9. The summed E-state index contributed by atoms with van der Waals surface area (Å²) in [7, 11) is 1.75. The molecule has 4 nitrogen and oxygen atoms in total. The number of benzene rings is 4. The number of hydrogen-bond acceptors (Lipinski definition) is 4. The molecule has 0 bridgehead atoms. The van der Waals surface area contributed by atoms with Crippen molar-refractivity contribution in [2.45, 2.75) is 38.9 Å². The molecule has 1 heterocycles. The third-order valence-electron chi connectivity index (χ3n) is 8.08. The van der Waals surface area contributed by atoms with Gasteiger partial charge in [-0.15, -0.1) is 6.58 Å². The number of nitrogens with zero attached hydrogens (tertiary/aromatic N) is 2. The highest BCUT2D eigenvalue weighted by molar-refractivity contribution is 5.71. The van der Waals surface area contributed by atoms with Crippen LogP contribution in [-0.2, 0) is 19.5 Å². The second-order valence-electron chi connectivity index (χ2n) is 11.5. The summed E-state index contributed by atoms with van der Waals surface area (Å²) < 4.78 is 12.7. The Morgan fingerprint density at radius 1 is 0.791 bits per heavy atom. The van der Waals surface area contributed by atoms with Crippen molar-refractivity contribution in [2.75, 3.05) is 33.4 Å². The highest BCUT2D eigenvalue weighted by Crippen LogP contribution is 2.34. The minimum Gasteiger partial charge on any atom is -0.496 e. The van der Waals surface area contributed by atoms with Crippen LogP contribution in [0.2, 0.25) is 0 Å². The lowest BCUT2D eigenvalue weighted by atomic mass is 10.0. The van der Waals surface area contributed by atoms with Gasteiger partial charge < -0.3 is 9.47 Å². The van der Waals surface area contributed by atoms with Crippen LogP contribution in [0.3, 0.4) is 0 Å². The molecule has 1 fully saturated rings. The normalized spacial score (nSPS) is 15.9. The fourth-order valence-electron chi connectivity index (χ4n) is 5.70. The van der Waals surface area contributed by atoms with Gasteiger partial charge in [-0.1, -0.05) is 109 Å². The number of rotatable bonds is 13. The van der Waals surface area contributed by atoms with Gasteiger partial charge >= 0.3 is 0 Å². The summed E-state index contributed by atoms with van der Waals surface area (Å²) in [6.07, 6.45) is 5.99. The standard InChI is InChI=1S/C39H44N2O2/c1-31(2)19-22-37-38(42-3)25-35(21-20-32-13-7-4-8-14-32)26-39(37)43-30-36-29-40(27-33-15-9-5-10-16-33)23-24-41(36)28-34-17-11-6-12-18-34/h4-18,20-21,25-26,36H,1,19,22-24,27-30H2,2-3H3/b21-20+. The summed E-state index contributed by atoms with van der Waals surface area (Å²) in [5, 5.41) is 0. The molecule has 1 aliphatic heterocycles. The van der Waals surface area contributed by atoms with Crippen molar-refractivity contribution >= 4 is 12.2 Å². The molecule has 5 rings (SSSR count). The highest BCUT2D eigenvalue weighted by atomic mass is 16.5. The minimum atomic E-state index is 0.251. The Morgan fingerprint density at radius 3 is 2.05 bits per heavy atom. The van der Waals surface area contributed by atoms with Gasteiger partial charge in [-0.3, -0.25) is 9.80 Å². The molecule has 0 saturated carbocycles. The Bertz CT molecular complexity index is 1470. The maximum absolute atomic E-state index is 6.80. The summed E-state index contributed by atoms with van der Waals surface area (Å²) in [6, 6.07) is 36.5. The average molecular weight is 573 g/mol. The van der Waals surface area contributed by atoms with Crippen molar-refractivity contribution in [2.24, 2.45) is 0 Å². The Morgan fingerprint density at radius 2 is 1.40 bits per heavy atom. The molecular weight excluding hydrogens is 528 g/mol. The molecule has 0 N–H and O–H groups in total. The molecule has 1 saturated heterocycles. The molecule has 1 atom stereocenters. The molecule has 4 aromatic rings. The van der Waals surface area contributed by atoms with E-state index in [9.17, 15) is 0 Å². The van der Waals surface area contributed by atoms with Crippen LogP contribution in [0, 0.1) is 0 Å². The molecule has 4 aromatic carbocycles. The zero-order valence-electron chi connectivity index (χ0n) is 25.6. The third-order valence-corrected chi connectivity index (χ3v) is 8.08. The first-order valence-corrected chi connectivity index (χ1v) is 15.3. The zero-order valence-corrected chi connectivity index (χ0v) is 25.6. The SMILES string of the molecule is C=C(C)CCc1c(OC)cc(/C=C/c2ccccc2)cc1OCC1CN(Cc2ccccc2)CCN1Cc1ccccc1. The molecule has 0 radical (unpaired) electrons. The van der Waals surface area contributed by atoms with Gasteiger partial charge in [0.1, 0.15) is 18.1 Å². The van der Waals surface area contributed by atoms with E-state index in [0.29, 0.717) is 6.61 Å². The predicted octanol–water partition coefficient (Wildman–Crippen LogP) is 8.14. The second-order valence-corrected chi connectivity index (χ2v) is 11.5. The van der Waals surface area contributed by atoms with Crippen molar-refractivity contribution in [1.82, 2.24) is 9.80 Å². The van der Waals surface area contributed by atoms with Gasteiger partial charge in [-0.25, -0.2) is 0 Å². The van der Waals surface area contributed by atoms with Gasteiger partial charge in [-0.05, 0) is 54.2 Å². The molecule has 4 heteroatoms. The third kappa shape index (κ3) is 8.93. The van der Waals surface area contributed by atoms with E-state index in [1.165, 1.54) is 11.1 Å². The first-order chi connectivity index (χ1) is 21.1. The Hall–Kier alpha value is -4.12. The van der Waals surface area contributed by atoms with E-state index in [1.807, 2.05) is 6.07 Å². The monoisotopic (exact) mass is 572 g/mol. The molecule has 0 aliphatic carbocycles. The largest absolute Gasteiger partial charge is 0.496 e. The fourth-order valence-corrected chi connectivity index (χ4v) is 5.70. The van der Waals surface area contributed by atoms with Crippen LogP contribution in [0.15, 0.2) is 115 Å². The molecular formula is C39H44N2O2. The number of ether oxygens (including phenoxy) is 2. The number of allylic oxidation sites excluding steroid dienone is 1. The van der Waals surface area contributed by atoms with Crippen molar-refractivity contribution in [3.63, 3.8) is 0 Å². The van der Waals surface area contributed by atoms with E-state index >= 15 is 0 Å². The first-order valence-electron chi connectivity index (χ1n) is 15.3. The summed E-state index contributed by atoms with van der Waals surface area (Å²) in [4.78, 5) is 5.15. The topological polar surface area (TPSA) is 24.9 Å². The zero-order chi connectivity index (χ0) is 29.9. The maximum atomic E-state index is 6.80.